The molecule has 1 aliphatic rings. The van der Waals surface area contributed by atoms with Crippen LogP contribution in [0.5, 0.6) is 0 Å². The standard InChI is InChI=1S/C20H19N3O3/c24-18-12-23(11-13-5-1-2-6-14(13)18)19(25)10-9-17-20(26)22-16-8-4-3-7-15(16)21-17/h1-8,18,24H,9-12H2,(H,22,26)/t18-/m0/s1. The molecule has 1 aliphatic heterocycles. The zero-order chi connectivity index (χ0) is 18.1. The molecule has 6 nitrogen and oxygen atoms in total. The number of aliphatic hydroxyl groups excluding tert-OH is 1. The summed E-state index contributed by atoms with van der Waals surface area (Å²) in [4.78, 5) is 33.5. The van der Waals surface area contributed by atoms with Crippen LogP contribution >= 0.6 is 0 Å². The number of amides is 1. The van der Waals surface area contributed by atoms with Gasteiger partial charge in [-0.05, 0) is 23.3 Å². The molecule has 0 fully saturated rings. The van der Waals surface area contributed by atoms with Crippen LogP contribution in [0.2, 0.25) is 0 Å². The van der Waals surface area contributed by atoms with Crippen LogP contribution < -0.4 is 5.56 Å². The van der Waals surface area contributed by atoms with Crippen LogP contribution in [0.4, 0.5) is 0 Å². The molecule has 0 aliphatic carbocycles. The Morgan fingerprint density at radius 1 is 1.19 bits per heavy atom. The molecule has 4 rings (SSSR count). The molecule has 2 aromatic carbocycles. The summed E-state index contributed by atoms with van der Waals surface area (Å²) < 4.78 is 0. The largest absolute Gasteiger partial charge is 0.387 e. The van der Waals surface area contributed by atoms with Gasteiger partial charge in [0.2, 0.25) is 5.91 Å². The van der Waals surface area contributed by atoms with E-state index in [1.54, 1.807) is 11.0 Å². The van der Waals surface area contributed by atoms with Crippen molar-refractivity contribution >= 4 is 16.9 Å². The highest BCUT2D eigenvalue weighted by molar-refractivity contribution is 5.77. The van der Waals surface area contributed by atoms with Crippen molar-refractivity contribution in [1.82, 2.24) is 14.9 Å². The monoisotopic (exact) mass is 349 g/mol. The summed E-state index contributed by atoms with van der Waals surface area (Å²) >= 11 is 0. The van der Waals surface area contributed by atoms with Gasteiger partial charge >= 0.3 is 0 Å². The Bertz CT molecular complexity index is 1030. The molecular formula is C20H19N3O3. The number of aliphatic hydroxyl groups is 1. The molecule has 3 aromatic rings. The number of para-hydroxylation sites is 2. The minimum atomic E-state index is -0.675. The third-order valence-electron chi connectivity index (χ3n) is 4.77. The number of fused-ring (bicyclic) bond motifs is 2. The van der Waals surface area contributed by atoms with Gasteiger partial charge in [0, 0.05) is 19.4 Å². The zero-order valence-electron chi connectivity index (χ0n) is 14.2. The van der Waals surface area contributed by atoms with Gasteiger partial charge in [0.1, 0.15) is 5.69 Å². The van der Waals surface area contributed by atoms with Gasteiger partial charge in [-0.3, -0.25) is 9.59 Å². The van der Waals surface area contributed by atoms with Gasteiger partial charge in [0.05, 0.1) is 23.7 Å². The van der Waals surface area contributed by atoms with Gasteiger partial charge < -0.3 is 15.0 Å². The van der Waals surface area contributed by atoms with Crippen molar-refractivity contribution < 1.29 is 9.90 Å². The average molecular weight is 349 g/mol. The Kier molecular flexibility index (Phi) is 4.26. The van der Waals surface area contributed by atoms with Crippen molar-refractivity contribution in [2.24, 2.45) is 0 Å². The fourth-order valence-electron chi connectivity index (χ4n) is 3.39. The molecule has 6 heteroatoms. The second-order valence-electron chi connectivity index (χ2n) is 6.52. The maximum Gasteiger partial charge on any atom is 0.270 e. The summed E-state index contributed by atoms with van der Waals surface area (Å²) in [6.45, 7) is 0.755. The first-order valence-electron chi connectivity index (χ1n) is 8.63. The number of aryl methyl sites for hydroxylation is 1. The number of hydrogen-bond acceptors (Lipinski definition) is 4. The van der Waals surface area contributed by atoms with Crippen LogP contribution in [-0.4, -0.2) is 32.4 Å². The number of rotatable bonds is 3. The number of benzene rings is 2. The predicted molar refractivity (Wildman–Crippen MR) is 97.5 cm³/mol. The number of hydrogen-bond donors (Lipinski definition) is 2. The SMILES string of the molecule is O=C(CCc1nc2ccccc2[nH]c1=O)N1Cc2ccccc2[C@@H](O)C1. The summed E-state index contributed by atoms with van der Waals surface area (Å²) in [6, 6.07) is 14.9. The minimum absolute atomic E-state index is 0.0899. The number of nitrogens with one attached hydrogen (secondary N) is 1. The Morgan fingerprint density at radius 3 is 2.85 bits per heavy atom. The lowest BCUT2D eigenvalue weighted by molar-refractivity contribution is -0.134. The Hall–Kier alpha value is -2.99. The first-order chi connectivity index (χ1) is 12.6. The summed E-state index contributed by atoms with van der Waals surface area (Å²) in [6.07, 6.45) is -0.220. The number of β-amino-alcohol motifs (C(OH)–C–C–N with tert-alkyl or cyclic N) is 1. The van der Waals surface area contributed by atoms with Gasteiger partial charge in [-0.2, -0.15) is 0 Å². The van der Waals surface area contributed by atoms with Crippen molar-refractivity contribution in [2.75, 3.05) is 6.54 Å². The van der Waals surface area contributed by atoms with Crippen LogP contribution in [0.3, 0.4) is 0 Å². The fraction of sp³-hybridized carbons (Fsp3) is 0.250. The van der Waals surface area contributed by atoms with Crippen molar-refractivity contribution in [3.8, 4) is 0 Å². The first-order valence-corrected chi connectivity index (χ1v) is 8.63. The molecule has 26 heavy (non-hydrogen) atoms. The number of aromatic nitrogens is 2. The van der Waals surface area contributed by atoms with E-state index in [9.17, 15) is 14.7 Å². The van der Waals surface area contributed by atoms with E-state index in [1.807, 2.05) is 42.5 Å². The minimum Gasteiger partial charge on any atom is -0.387 e. The van der Waals surface area contributed by atoms with E-state index in [0.717, 1.165) is 11.1 Å². The highest BCUT2D eigenvalue weighted by Crippen LogP contribution is 2.26. The van der Waals surface area contributed by atoms with Gasteiger partial charge in [0.25, 0.3) is 5.56 Å². The maximum absolute atomic E-state index is 12.6. The quantitative estimate of drug-likeness (QED) is 0.756. The van der Waals surface area contributed by atoms with Crippen molar-refractivity contribution in [3.05, 3.63) is 75.7 Å². The Labute approximate surface area is 150 Å². The van der Waals surface area contributed by atoms with E-state index < -0.39 is 6.10 Å². The molecule has 0 unspecified atom stereocenters. The smallest absolute Gasteiger partial charge is 0.270 e. The predicted octanol–water partition coefficient (Wildman–Crippen LogP) is 1.93. The lowest BCUT2D eigenvalue weighted by Crippen LogP contribution is -2.38. The Balaban J connectivity index is 1.48. The van der Waals surface area contributed by atoms with E-state index >= 15 is 0 Å². The topological polar surface area (TPSA) is 86.3 Å². The van der Waals surface area contributed by atoms with Crippen LogP contribution in [0, 0.1) is 0 Å². The summed E-state index contributed by atoms with van der Waals surface area (Å²) in [5, 5.41) is 10.3. The number of carbonyl (C=O) groups excluding carboxylic acids is 1. The Morgan fingerprint density at radius 2 is 1.96 bits per heavy atom. The second-order valence-corrected chi connectivity index (χ2v) is 6.52. The molecule has 2 N–H and O–H groups in total. The third kappa shape index (κ3) is 3.11. The number of nitrogens with zero attached hydrogens (tertiary/aromatic N) is 2. The van der Waals surface area contributed by atoms with Crippen LogP contribution in [0.1, 0.15) is 29.3 Å². The van der Waals surface area contributed by atoms with E-state index in [2.05, 4.69) is 9.97 Å². The normalized spacial score (nSPS) is 16.5. The maximum atomic E-state index is 12.6. The lowest BCUT2D eigenvalue weighted by atomic mass is 9.97. The molecule has 132 valence electrons. The molecule has 0 saturated heterocycles. The molecule has 0 spiro atoms. The summed E-state index contributed by atoms with van der Waals surface area (Å²) in [5.74, 6) is -0.0899. The van der Waals surface area contributed by atoms with Gasteiger partial charge in [-0.1, -0.05) is 36.4 Å². The molecule has 2 heterocycles. The summed E-state index contributed by atoms with van der Waals surface area (Å²) in [7, 11) is 0. The number of H-pyrrole nitrogens is 1. The van der Waals surface area contributed by atoms with Crippen molar-refractivity contribution in [3.63, 3.8) is 0 Å². The highest BCUT2D eigenvalue weighted by atomic mass is 16.3. The third-order valence-corrected chi connectivity index (χ3v) is 4.77. The van der Waals surface area contributed by atoms with Crippen LogP contribution in [0.25, 0.3) is 11.0 Å². The molecule has 0 saturated carbocycles. The van der Waals surface area contributed by atoms with Gasteiger partial charge in [0.15, 0.2) is 0 Å². The first kappa shape index (κ1) is 16.5. The summed E-state index contributed by atoms with van der Waals surface area (Å²) in [5.41, 5.74) is 3.32. The van der Waals surface area contributed by atoms with Crippen molar-refractivity contribution in [1.29, 1.82) is 0 Å². The molecule has 1 atom stereocenters. The van der Waals surface area contributed by atoms with Crippen LogP contribution in [-0.2, 0) is 17.8 Å². The van der Waals surface area contributed by atoms with E-state index in [0.29, 0.717) is 23.3 Å². The molecule has 0 radical (unpaired) electrons. The number of aromatic amines is 1. The fourth-order valence-corrected chi connectivity index (χ4v) is 3.39. The molecule has 1 amide bonds. The molecule has 1 aromatic heterocycles. The van der Waals surface area contributed by atoms with Gasteiger partial charge in [-0.25, -0.2) is 4.98 Å². The lowest BCUT2D eigenvalue weighted by Gasteiger charge is -2.32. The van der Waals surface area contributed by atoms with E-state index in [-0.39, 0.29) is 30.9 Å². The average Bonchev–Trinajstić information content (AvgIpc) is 2.66. The number of carbonyl (C=O) groups is 1. The van der Waals surface area contributed by atoms with E-state index in [4.69, 9.17) is 0 Å². The van der Waals surface area contributed by atoms with E-state index in [1.165, 1.54) is 0 Å². The second kappa shape index (κ2) is 6.72. The van der Waals surface area contributed by atoms with Crippen LogP contribution in [0.15, 0.2) is 53.3 Å². The van der Waals surface area contributed by atoms with Crippen molar-refractivity contribution in [2.45, 2.75) is 25.5 Å². The molecular weight excluding hydrogens is 330 g/mol. The van der Waals surface area contributed by atoms with Gasteiger partial charge in [-0.15, -0.1) is 0 Å². The molecule has 0 bridgehead atoms. The zero-order valence-corrected chi connectivity index (χ0v) is 14.2. The highest BCUT2D eigenvalue weighted by Gasteiger charge is 2.26.